The molecule has 124 valence electrons. The van der Waals surface area contributed by atoms with E-state index >= 15 is 0 Å². The molecule has 1 aromatic carbocycles. The predicted molar refractivity (Wildman–Crippen MR) is 89.0 cm³/mol. The molecule has 3 rings (SSSR count). The molecule has 1 saturated heterocycles. The van der Waals surface area contributed by atoms with Crippen molar-refractivity contribution < 1.29 is 10.2 Å². The molecule has 1 fully saturated rings. The maximum atomic E-state index is 10.6. The van der Waals surface area contributed by atoms with Crippen LogP contribution in [0.1, 0.15) is 30.7 Å². The van der Waals surface area contributed by atoms with E-state index in [4.69, 9.17) is 0 Å². The van der Waals surface area contributed by atoms with Crippen molar-refractivity contribution in [3.8, 4) is 0 Å². The molecular formula is C18H25N3O2. The van der Waals surface area contributed by atoms with Crippen molar-refractivity contribution in [1.29, 1.82) is 0 Å². The lowest BCUT2D eigenvalue weighted by Crippen LogP contribution is -2.38. The maximum Gasteiger partial charge on any atom is 0.122 e. The number of hydrogen-bond donors (Lipinski definition) is 2. The van der Waals surface area contributed by atoms with Gasteiger partial charge in [0.25, 0.3) is 0 Å². The summed E-state index contributed by atoms with van der Waals surface area (Å²) in [5, 5.41) is 20.4. The standard InChI is InChI=1S/C18H25N3O2/c1-2-9-20-10-8-19-17(20)12-21-11-15(18(23)16(21)13-22)14-6-4-3-5-7-14/h3-8,10,15-16,18,22-23H,2,9,11-13H2,1H3/t15-,16-,18-/m1/s1. The van der Waals surface area contributed by atoms with Crippen molar-refractivity contribution in [2.24, 2.45) is 0 Å². The van der Waals surface area contributed by atoms with E-state index in [1.165, 1.54) is 0 Å². The highest BCUT2D eigenvalue weighted by molar-refractivity contribution is 5.24. The summed E-state index contributed by atoms with van der Waals surface area (Å²) in [6, 6.07) is 9.81. The van der Waals surface area contributed by atoms with Gasteiger partial charge in [-0.3, -0.25) is 4.90 Å². The van der Waals surface area contributed by atoms with E-state index in [0.717, 1.165) is 30.9 Å². The van der Waals surface area contributed by atoms with E-state index in [0.29, 0.717) is 6.54 Å². The molecule has 0 aliphatic carbocycles. The number of aliphatic hydroxyl groups is 2. The average molecular weight is 315 g/mol. The highest BCUT2D eigenvalue weighted by Gasteiger charge is 2.41. The summed E-state index contributed by atoms with van der Waals surface area (Å²) >= 11 is 0. The second-order valence-electron chi connectivity index (χ2n) is 6.22. The van der Waals surface area contributed by atoms with Gasteiger partial charge in [0.05, 0.1) is 25.3 Å². The fraction of sp³-hybridized carbons (Fsp3) is 0.500. The Hall–Kier alpha value is -1.69. The van der Waals surface area contributed by atoms with Gasteiger partial charge < -0.3 is 14.8 Å². The van der Waals surface area contributed by atoms with Crippen molar-refractivity contribution in [1.82, 2.24) is 14.5 Å². The van der Waals surface area contributed by atoms with E-state index in [9.17, 15) is 10.2 Å². The van der Waals surface area contributed by atoms with Crippen molar-refractivity contribution in [3.05, 3.63) is 54.1 Å². The summed E-state index contributed by atoms with van der Waals surface area (Å²) in [5.74, 6) is 1.02. The van der Waals surface area contributed by atoms with Crippen LogP contribution in [-0.2, 0) is 13.1 Å². The molecule has 3 atom stereocenters. The topological polar surface area (TPSA) is 61.5 Å². The van der Waals surface area contributed by atoms with Crippen molar-refractivity contribution >= 4 is 0 Å². The largest absolute Gasteiger partial charge is 0.395 e. The highest BCUT2D eigenvalue weighted by Crippen LogP contribution is 2.32. The Morgan fingerprint density at radius 3 is 2.74 bits per heavy atom. The monoisotopic (exact) mass is 315 g/mol. The molecule has 1 aliphatic rings. The molecule has 1 aromatic heterocycles. The summed E-state index contributed by atoms with van der Waals surface area (Å²) in [6.07, 6.45) is 4.31. The summed E-state index contributed by atoms with van der Waals surface area (Å²) in [4.78, 5) is 6.60. The quantitative estimate of drug-likeness (QED) is 0.850. The minimum absolute atomic E-state index is 0.0305. The average Bonchev–Trinajstić information content (AvgIpc) is 3.13. The zero-order valence-corrected chi connectivity index (χ0v) is 13.5. The Balaban J connectivity index is 1.78. The number of nitrogens with zero attached hydrogens (tertiary/aromatic N) is 3. The van der Waals surface area contributed by atoms with Crippen LogP contribution in [0.3, 0.4) is 0 Å². The Bertz CT molecular complexity index is 614. The summed E-state index contributed by atoms with van der Waals surface area (Å²) in [5.41, 5.74) is 1.12. The minimum Gasteiger partial charge on any atom is -0.395 e. The molecule has 2 aromatic rings. The van der Waals surface area contributed by atoms with Gasteiger partial charge in [0, 0.05) is 31.4 Å². The van der Waals surface area contributed by atoms with Crippen LogP contribution >= 0.6 is 0 Å². The van der Waals surface area contributed by atoms with E-state index < -0.39 is 6.10 Å². The number of hydrogen-bond acceptors (Lipinski definition) is 4. The van der Waals surface area contributed by atoms with E-state index in [1.54, 1.807) is 0 Å². The molecule has 0 spiro atoms. The van der Waals surface area contributed by atoms with Gasteiger partial charge in [0.1, 0.15) is 5.82 Å². The first-order chi connectivity index (χ1) is 11.2. The van der Waals surface area contributed by atoms with E-state index in [2.05, 4.69) is 21.4 Å². The fourth-order valence-corrected chi connectivity index (χ4v) is 3.51. The lowest BCUT2D eigenvalue weighted by atomic mass is 9.94. The van der Waals surface area contributed by atoms with Crippen molar-refractivity contribution in [2.45, 2.75) is 44.5 Å². The van der Waals surface area contributed by atoms with Crippen LogP contribution in [0.25, 0.3) is 0 Å². The Morgan fingerprint density at radius 1 is 1.26 bits per heavy atom. The molecule has 0 radical (unpaired) electrons. The maximum absolute atomic E-state index is 10.6. The van der Waals surface area contributed by atoms with Crippen molar-refractivity contribution in [2.75, 3.05) is 13.2 Å². The summed E-state index contributed by atoms with van der Waals surface area (Å²) in [6.45, 7) is 4.43. The zero-order valence-electron chi connectivity index (χ0n) is 13.5. The van der Waals surface area contributed by atoms with E-state index in [-0.39, 0.29) is 18.6 Å². The normalized spacial score (nSPS) is 25.1. The molecule has 0 amide bonds. The Kier molecular flexibility index (Phi) is 5.10. The second kappa shape index (κ2) is 7.25. The first-order valence-electron chi connectivity index (χ1n) is 8.32. The van der Waals surface area contributed by atoms with Gasteiger partial charge >= 0.3 is 0 Å². The minimum atomic E-state index is -0.558. The molecule has 0 bridgehead atoms. The number of aliphatic hydroxyl groups excluding tert-OH is 2. The van der Waals surface area contributed by atoms with Crippen LogP contribution in [0.2, 0.25) is 0 Å². The number of rotatable bonds is 6. The number of aryl methyl sites for hydroxylation is 1. The Morgan fingerprint density at radius 2 is 2.04 bits per heavy atom. The van der Waals surface area contributed by atoms with Crippen LogP contribution < -0.4 is 0 Å². The molecule has 1 aliphatic heterocycles. The predicted octanol–water partition coefficient (Wildman–Crippen LogP) is 1.61. The van der Waals surface area contributed by atoms with Gasteiger partial charge in [-0.1, -0.05) is 37.3 Å². The van der Waals surface area contributed by atoms with Gasteiger partial charge in [-0.2, -0.15) is 0 Å². The molecule has 5 nitrogen and oxygen atoms in total. The SMILES string of the molecule is CCCn1ccnc1CN1C[C@H](c2ccccc2)[C@@H](O)[C@H]1CO. The molecule has 5 heteroatoms. The third-order valence-corrected chi connectivity index (χ3v) is 4.73. The van der Waals surface area contributed by atoms with Gasteiger partial charge in [-0.15, -0.1) is 0 Å². The molecule has 0 saturated carbocycles. The zero-order chi connectivity index (χ0) is 16.2. The van der Waals surface area contributed by atoms with Crippen LogP contribution in [0.4, 0.5) is 0 Å². The van der Waals surface area contributed by atoms with Gasteiger partial charge in [-0.25, -0.2) is 4.98 Å². The highest BCUT2D eigenvalue weighted by atomic mass is 16.3. The van der Waals surface area contributed by atoms with Crippen LogP contribution in [0.15, 0.2) is 42.7 Å². The van der Waals surface area contributed by atoms with Gasteiger partial charge in [-0.05, 0) is 12.0 Å². The lowest BCUT2D eigenvalue weighted by molar-refractivity contribution is 0.0627. The van der Waals surface area contributed by atoms with Gasteiger partial charge in [0.2, 0.25) is 0 Å². The van der Waals surface area contributed by atoms with Crippen LogP contribution in [-0.4, -0.2) is 50.0 Å². The van der Waals surface area contributed by atoms with Gasteiger partial charge in [0.15, 0.2) is 0 Å². The van der Waals surface area contributed by atoms with Crippen LogP contribution in [0, 0.1) is 0 Å². The number of aromatic nitrogens is 2. The van der Waals surface area contributed by atoms with Crippen molar-refractivity contribution in [3.63, 3.8) is 0 Å². The smallest absolute Gasteiger partial charge is 0.122 e. The number of benzene rings is 1. The first-order valence-corrected chi connectivity index (χ1v) is 8.32. The van der Waals surface area contributed by atoms with E-state index in [1.807, 2.05) is 42.7 Å². The Labute approximate surface area is 137 Å². The molecule has 23 heavy (non-hydrogen) atoms. The first kappa shape index (κ1) is 16.2. The second-order valence-corrected chi connectivity index (χ2v) is 6.22. The molecular weight excluding hydrogens is 290 g/mol. The summed E-state index contributed by atoms with van der Waals surface area (Å²) in [7, 11) is 0. The molecule has 2 N–H and O–H groups in total. The fourth-order valence-electron chi connectivity index (χ4n) is 3.51. The number of imidazole rings is 1. The third kappa shape index (κ3) is 3.32. The summed E-state index contributed by atoms with van der Waals surface area (Å²) < 4.78 is 2.15. The third-order valence-electron chi connectivity index (χ3n) is 4.73. The number of likely N-dealkylation sites (tertiary alicyclic amines) is 1. The molecule has 0 unspecified atom stereocenters. The molecule has 2 heterocycles. The lowest BCUT2D eigenvalue weighted by Gasteiger charge is -2.24. The van der Waals surface area contributed by atoms with Crippen LogP contribution in [0.5, 0.6) is 0 Å².